The molecule has 1 aliphatic heterocycles. The molecule has 2 heterocycles. The summed E-state index contributed by atoms with van der Waals surface area (Å²) in [5.41, 5.74) is 1.24. The van der Waals surface area contributed by atoms with Crippen molar-refractivity contribution in [3.05, 3.63) is 23.9 Å². The molecule has 4 heteroatoms. The number of pyridine rings is 1. The van der Waals surface area contributed by atoms with Gasteiger partial charge < -0.3 is 15.3 Å². The molecule has 0 radical (unpaired) electrons. The highest BCUT2D eigenvalue weighted by Gasteiger charge is 2.24. The Hall–Kier alpha value is -1.13. The summed E-state index contributed by atoms with van der Waals surface area (Å²) >= 11 is 0. The van der Waals surface area contributed by atoms with Crippen LogP contribution in [-0.4, -0.2) is 35.8 Å². The molecule has 0 saturated carbocycles. The minimum Gasteiger partial charge on any atom is -0.396 e. The number of hydrogen-bond donors (Lipinski definition) is 2. The highest BCUT2D eigenvalue weighted by molar-refractivity contribution is 5.47. The standard InChI is InChI=1S/C14H23N3O/c1-11(2)16-8-13-4-3-6-15-14(13)17-7-5-12(9-17)10-18/h3-4,6,11-12,16,18H,5,7-10H2,1-2H3. The summed E-state index contributed by atoms with van der Waals surface area (Å²) in [5.74, 6) is 1.47. The van der Waals surface area contributed by atoms with Gasteiger partial charge in [0.1, 0.15) is 5.82 Å². The van der Waals surface area contributed by atoms with Crippen molar-refractivity contribution in [2.24, 2.45) is 5.92 Å². The number of hydrogen-bond acceptors (Lipinski definition) is 4. The predicted molar refractivity (Wildman–Crippen MR) is 73.6 cm³/mol. The zero-order valence-corrected chi connectivity index (χ0v) is 11.3. The van der Waals surface area contributed by atoms with E-state index < -0.39 is 0 Å². The molecule has 2 N–H and O–H groups in total. The van der Waals surface area contributed by atoms with Crippen molar-refractivity contribution in [3.8, 4) is 0 Å². The van der Waals surface area contributed by atoms with E-state index >= 15 is 0 Å². The third-order valence-corrected chi connectivity index (χ3v) is 3.41. The van der Waals surface area contributed by atoms with E-state index in [1.54, 1.807) is 0 Å². The van der Waals surface area contributed by atoms with Gasteiger partial charge in [-0.2, -0.15) is 0 Å². The largest absolute Gasteiger partial charge is 0.396 e. The number of nitrogens with one attached hydrogen (secondary N) is 1. The van der Waals surface area contributed by atoms with Crippen LogP contribution >= 0.6 is 0 Å². The summed E-state index contributed by atoms with van der Waals surface area (Å²) in [5, 5.41) is 12.7. The van der Waals surface area contributed by atoms with Gasteiger partial charge in [-0.25, -0.2) is 4.98 Å². The Balaban J connectivity index is 2.07. The normalized spacial score (nSPS) is 19.8. The van der Waals surface area contributed by atoms with E-state index in [1.165, 1.54) is 5.56 Å². The van der Waals surface area contributed by atoms with Gasteiger partial charge in [0.05, 0.1) is 0 Å². The van der Waals surface area contributed by atoms with E-state index in [0.717, 1.165) is 31.9 Å². The van der Waals surface area contributed by atoms with Gasteiger partial charge in [-0.05, 0) is 12.5 Å². The van der Waals surface area contributed by atoms with Gasteiger partial charge in [-0.1, -0.05) is 19.9 Å². The van der Waals surface area contributed by atoms with E-state index in [2.05, 4.69) is 35.1 Å². The molecule has 2 rings (SSSR count). The van der Waals surface area contributed by atoms with Crippen LogP contribution in [0, 0.1) is 5.92 Å². The molecule has 0 bridgehead atoms. The maximum absolute atomic E-state index is 9.22. The maximum atomic E-state index is 9.22. The topological polar surface area (TPSA) is 48.4 Å². The Labute approximate surface area is 109 Å². The summed E-state index contributed by atoms with van der Waals surface area (Å²) < 4.78 is 0. The molecule has 4 nitrogen and oxygen atoms in total. The maximum Gasteiger partial charge on any atom is 0.133 e. The van der Waals surface area contributed by atoms with Gasteiger partial charge >= 0.3 is 0 Å². The molecule has 18 heavy (non-hydrogen) atoms. The fourth-order valence-electron chi connectivity index (χ4n) is 2.34. The van der Waals surface area contributed by atoms with Crippen LogP contribution in [0.2, 0.25) is 0 Å². The predicted octanol–water partition coefficient (Wildman–Crippen LogP) is 1.40. The van der Waals surface area contributed by atoms with Crippen LogP contribution in [0.25, 0.3) is 0 Å². The Bertz CT molecular complexity index is 381. The van der Waals surface area contributed by atoms with Gasteiger partial charge in [0.2, 0.25) is 0 Å². The summed E-state index contributed by atoms with van der Waals surface area (Å²) in [6, 6.07) is 4.59. The minimum atomic E-state index is 0.281. The number of aliphatic hydroxyl groups excluding tert-OH is 1. The SMILES string of the molecule is CC(C)NCc1cccnc1N1CCC(CO)C1. The van der Waals surface area contributed by atoms with Crippen molar-refractivity contribution in [3.63, 3.8) is 0 Å². The van der Waals surface area contributed by atoms with Crippen molar-refractivity contribution in [1.29, 1.82) is 0 Å². The third kappa shape index (κ3) is 3.21. The van der Waals surface area contributed by atoms with Crippen LogP contribution in [0.3, 0.4) is 0 Å². The van der Waals surface area contributed by atoms with Gasteiger partial charge in [-0.3, -0.25) is 0 Å². The lowest BCUT2D eigenvalue weighted by molar-refractivity contribution is 0.238. The zero-order valence-electron chi connectivity index (χ0n) is 11.3. The molecule has 1 saturated heterocycles. The molecule has 1 aromatic heterocycles. The molecule has 0 spiro atoms. The van der Waals surface area contributed by atoms with Crippen molar-refractivity contribution in [1.82, 2.24) is 10.3 Å². The van der Waals surface area contributed by atoms with Gasteiger partial charge in [-0.15, -0.1) is 0 Å². The monoisotopic (exact) mass is 249 g/mol. The lowest BCUT2D eigenvalue weighted by atomic mass is 10.1. The summed E-state index contributed by atoms with van der Waals surface area (Å²) in [6.07, 6.45) is 2.91. The lowest BCUT2D eigenvalue weighted by Crippen LogP contribution is -2.26. The first-order valence-corrected chi connectivity index (χ1v) is 6.73. The fourth-order valence-corrected chi connectivity index (χ4v) is 2.34. The van der Waals surface area contributed by atoms with Gasteiger partial charge in [0.15, 0.2) is 0 Å². The van der Waals surface area contributed by atoms with Crippen LogP contribution in [0.1, 0.15) is 25.8 Å². The van der Waals surface area contributed by atoms with E-state index in [-0.39, 0.29) is 6.61 Å². The van der Waals surface area contributed by atoms with Gasteiger partial charge in [0, 0.05) is 50.0 Å². The van der Waals surface area contributed by atoms with Crippen molar-refractivity contribution in [2.75, 3.05) is 24.6 Å². The minimum absolute atomic E-state index is 0.281. The van der Waals surface area contributed by atoms with Crippen LogP contribution < -0.4 is 10.2 Å². The Morgan fingerprint density at radius 1 is 1.56 bits per heavy atom. The molecule has 0 amide bonds. The van der Waals surface area contributed by atoms with E-state index in [9.17, 15) is 5.11 Å². The van der Waals surface area contributed by atoms with E-state index in [0.29, 0.717) is 12.0 Å². The van der Waals surface area contributed by atoms with Crippen LogP contribution in [0.15, 0.2) is 18.3 Å². The first kappa shape index (κ1) is 13.3. The highest BCUT2D eigenvalue weighted by atomic mass is 16.3. The number of nitrogens with zero attached hydrogens (tertiary/aromatic N) is 2. The second-order valence-corrected chi connectivity index (χ2v) is 5.31. The van der Waals surface area contributed by atoms with Crippen molar-refractivity contribution >= 4 is 5.82 Å². The Morgan fingerprint density at radius 3 is 3.06 bits per heavy atom. The second kappa shape index (κ2) is 6.16. The van der Waals surface area contributed by atoms with Gasteiger partial charge in [0.25, 0.3) is 0 Å². The summed E-state index contributed by atoms with van der Waals surface area (Å²) in [6.45, 7) is 7.34. The Morgan fingerprint density at radius 2 is 2.39 bits per heavy atom. The second-order valence-electron chi connectivity index (χ2n) is 5.31. The molecule has 0 aromatic carbocycles. The first-order valence-electron chi connectivity index (χ1n) is 6.73. The smallest absolute Gasteiger partial charge is 0.133 e. The third-order valence-electron chi connectivity index (χ3n) is 3.41. The highest BCUT2D eigenvalue weighted by Crippen LogP contribution is 2.24. The number of anilines is 1. The first-order chi connectivity index (χ1) is 8.70. The quantitative estimate of drug-likeness (QED) is 0.828. The Kier molecular flexibility index (Phi) is 4.55. The van der Waals surface area contributed by atoms with Crippen LogP contribution in [-0.2, 0) is 6.54 Å². The fraction of sp³-hybridized carbons (Fsp3) is 0.643. The van der Waals surface area contributed by atoms with E-state index in [1.807, 2.05) is 12.3 Å². The van der Waals surface area contributed by atoms with Crippen molar-refractivity contribution < 1.29 is 5.11 Å². The van der Waals surface area contributed by atoms with Crippen molar-refractivity contribution in [2.45, 2.75) is 32.9 Å². The molecule has 1 aliphatic rings. The molecule has 1 unspecified atom stereocenters. The average molecular weight is 249 g/mol. The zero-order chi connectivity index (χ0) is 13.0. The van der Waals surface area contributed by atoms with E-state index in [4.69, 9.17) is 0 Å². The number of aromatic nitrogens is 1. The summed E-state index contributed by atoms with van der Waals surface area (Å²) in [7, 11) is 0. The molecule has 100 valence electrons. The molecule has 1 fully saturated rings. The number of aliphatic hydroxyl groups is 1. The molecule has 1 atom stereocenters. The summed E-state index contributed by atoms with van der Waals surface area (Å²) in [4.78, 5) is 6.80. The molecule has 0 aliphatic carbocycles. The lowest BCUT2D eigenvalue weighted by Gasteiger charge is -2.21. The van der Waals surface area contributed by atoms with Crippen LogP contribution in [0.4, 0.5) is 5.82 Å². The molecular formula is C14H23N3O. The molecular weight excluding hydrogens is 226 g/mol. The molecule has 1 aromatic rings. The number of rotatable bonds is 5. The van der Waals surface area contributed by atoms with Crippen LogP contribution in [0.5, 0.6) is 0 Å². The average Bonchev–Trinajstić information content (AvgIpc) is 2.85.